The highest BCUT2D eigenvalue weighted by Gasteiger charge is 2.34. The number of hydrogen-bond donors (Lipinski definition) is 2. The van der Waals surface area contributed by atoms with Crippen molar-refractivity contribution in [3.63, 3.8) is 0 Å². The molecule has 2 aliphatic rings. The summed E-state index contributed by atoms with van der Waals surface area (Å²) in [5.41, 5.74) is 1.36. The van der Waals surface area contributed by atoms with Crippen LogP contribution in [0.3, 0.4) is 0 Å². The lowest BCUT2D eigenvalue weighted by molar-refractivity contribution is -0.153. The van der Waals surface area contributed by atoms with E-state index in [0.717, 1.165) is 18.4 Å². The Morgan fingerprint density at radius 2 is 1.96 bits per heavy atom. The molecule has 4 nitrogen and oxygen atoms in total. The Balaban J connectivity index is 1.52. The largest absolute Gasteiger partial charge is 0.484 e. The number of alkyl halides is 3. The van der Waals surface area contributed by atoms with Crippen LogP contribution in [-0.2, 0) is 11.3 Å². The van der Waals surface area contributed by atoms with Crippen molar-refractivity contribution in [2.75, 3.05) is 6.61 Å². The van der Waals surface area contributed by atoms with Crippen molar-refractivity contribution in [1.82, 2.24) is 10.6 Å². The van der Waals surface area contributed by atoms with Gasteiger partial charge in [-0.1, -0.05) is 12.1 Å². The van der Waals surface area contributed by atoms with E-state index in [9.17, 15) is 18.0 Å². The highest BCUT2D eigenvalue weighted by Crippen LogP contribution is 2.32. The third-order valence-electron chi connectivity index (χ3n) is 5.13. The van der Waals surface area contributed by atoms with Crippen LogP contribution in [0.15, 0.2) is 18.2 Å². The first-order valence-corrected chi connectivity index (χ1v) is 9.10. The Labute approximate surface area is 151 Å². The van der Waals surface area contributed by atoms with Crippen molar-refractivity contribution < 1.29 is 22.7 Å². The van der Waals surface area contributed by atoms with Gasteiger partial charge in [-0.3, -0.25) is 4.79 Å². The summed E-state index contributed by atoms with van der Waals surface area (Å²) in [6.45, 7) is 0.619. The van der Waals surface area contributed by atoms with Crippen LogP contribution in [0.25, 0.3) is 0 Å². The number of benzene rings is 1. The van der Waals surface area contributed by atoms with E-state index in [0.29, 0.717) is 30.0 Å². The smallest absolute Gasteiger partial charge is 0.422 e. The maximum Gasteiger partial charge on any atom is 0.422 e. The highest BCUT2D eigenvalue weighted by molar-refractivity contribution is 5.76. The lowest BCUT2D eigenvalue weighted by Crippen LogP contribution is -2.39. The first-order valence-electron chi connectivity index (χ1n) is 9.10. The van der Waals surface area contributed by atoms with Crippen LogP contribution in [0.5, 0.6) is 5.75 Å². The van der Waals surface area contributed by atoms with Crippen molar-refractivity contribution >= 4 is 5.91 Å². The molecule has 2 fully saturated rings. The van der Waals surface area contributed by atoms with E-state index in [2.05, 4.69) is 10.6 Å². The molecule has 144 valence electrons. The van der Waals surface area contributed by atoms with Gasteiger partial charge in [-0.15, -0.1) is 0 Å². The van der Waals surface area contributed by atoms with Gasteiger partial charge in [-0.25, -0.2) is 0 Å². The van der Waals surface area contributed by atoms with Gasteiger partial charge in [-0.2, -0.15) is 13.2 Å². The van der Waals surface area contributed by atoms with Crippen LogP contribution >= 0.6 is 0 Å². The first-order chi connectivity index (χ1) is 12.3. The van der Waals surface area contributed by atoms with Gasteiger partial charge in [0.2, 0.25) is 5.91 Å². The molecule has 0 spiro atoms. The molecule has 2 bridgehead atoms. The highest BCUT2D eigenvalue weighted by atomic mass is 19.4. The standard InChI is InChI=1S/C19H25F3N2O2/c1-12-2-3-14(17(6-12)26-11-19(20,21)22)10-23-18(25)9-13-7-15-4-5-16(8-13)24-15/h2-3,6,13,15-16,24H,4-5,7-11H2,1H3,(H,23,25). The zero-order valence-electron chi connectivity index (χ0n) is 14.9. The molecule has 1 aromatic carbocycles. The summed E-state index contributed by atoms with van der Waals surface area (Å²) in [5, 5.41) is 6.38. The fraction of sp³-hybridized carbons (Fsp3) is 0.632. The SMILES string of the molecule is Cc1ccc(CNC(=O)CC2CC3CCC(C2)N3)c(OCC(F)(F)F)c1. The number of carbonyl (C=O) groups is 1. The second kappa shape index (κ2) is 7.86. The molecule has 2 saturated heterocycles. The normalized spacial score (nSPS) is 25.2. The quantitative estimate of drug-likeness (QED) is 0.806. The minimum Gasteiger partial charge on any atom is -0.484 e. The molecule has 0 saturated carbocycles. The summed E-state index contributed by atoms with van der Waals surface area (Å²) in [7, 11) is 0. The Bertz CT molecular complexity index is 636. The monoisotopic (exact) mass is 370 g/mol. The minimum absolute atomic E-state index is 0.0568. The van der Waals surface area contributed by atoms with Gasteiger partial charge in [0.15, 0.2) is 6.61 Å². The maximum atomic E-state index is 12.4. The van der Waals surface area contributed by atoms with E-state index < -0.39 is 12.8 Å². The molecular weight excluding hydrogens is 345 g/mol. The van der Waals surface area contributed by atoms with Crippen LogP contribution in [0.2, 0.25) is 0 Å². The number of fused-ring (bicyclic) bond motifs is 2. The number of hydrogen-bond acceptors (Lipinski definition) is 3. The van der Waals surface area contributed by atoms with Gasteiger partial charge in [0.25, 0.3) is 0 Å². The fourth-order valence-electron chi connectivity index (χ4n) is 3.97. The maximum absolute atomic E-state index is 12.4. The summed E-state index contributed by atoms with van der Waals surface area (Å²) in [4.78, 5) is 12.3. The van der Waals surface area contributed by atoms with Crippen LogP contribution in [0.1, 0.15) is 43.2 Å². The number of nitrogens with one attached hydrogen (secondary N) is 2. The van der Waals surface area contributed by atoms with Gasteiger partial charge < -0.3 is 15.4 Å². The molecule has 2 N–H and O–H groups in total. The van der Waals surface area contributed by atoms with Gasteiger partial charge in [-0.05, 0) is 50.2 Å². The molecule has 0 aliphatic carbocycles. The topological polar surface area (TPSA) is 50.4 Å². The van der Waals surface area contributed by atoms with Gasteiger partial charge >= 0.3 is 6.18 Å². The Morgan fingerprint density at radius 3 is 2.62 bits per heavy atom. The molecule has 0 aromatic heterocycles. The number of rotatable bonds is 6. The number of piperidine rings is 1. The fourth-order valence-corrected chi connectivity index (χ4v) is 3.97. The van der Waals surface area contributed by atoms with Crippen LogP contribution < -0.4 is 15.4 Å². The number of halogens is 3. The van der Waals surface area contributed by atoms with E-state index in [1.165, 1.54) is 12.8 Å². The van der Waals surface area contributed by atoms with Crippen molar-refractivity contribution in [3.05, 3.63) is 29.3 Å². The predicted octanol–water partition coefficient (Wildman–Crippen LogP) is 3.47. The molecular formula is C19H25F3N2O2. The van der Waals surface area contributed by atoms with Gasteiger partial charge in [0, 0.05) is 30.6 Å². The zero-order valence-corrected chi connectivity index (χ0v) is 14.9. The average molecular weight is 370 g/mol. The minimum atomic E-state index is -4.39. The molecule has 7 heteroatoms. The molecule has 3 rings (SSSR count). The lowest BCUT2D eigenvalue weighted by atomic mass is 9.89. The van der Waals surface area contributed by atoms with Crippen molar-refractivity contribution in [1.29, 1.82) is 0 Å². The van der Waals surface area contributed by atoms with E-state index in [4.69, 9.17) is 4.74 Å². The molecule has 1 aromatic rings. The summed E-state index contributed by atoms with van der Waals surface area (Å²) in [6, 6.07) is 6.13. The molecule has 2 heterocycles. The van der Waals surface area contributed by atoms with Crippen molar-refractivity contribution in [3.8, 4) is 5.75 Å². The number of amides is 1. The van der Waals surface area contributed by atoms with E-state index >= 15 is 0 Å². The van der Waals surface area contributed by atoms with Gasteiger partial charge in [0.05, 0.1) is 0 Å². The number of aryl methyl sites for hydroxylation is 1. The van der Waals surface area contributed by atoms with Crippen LogP contribution in [0, 0.1) is 12.8 Å². The lowest BCUT2D eigenvalue weighted by Gasteiger charge is -2.28. The second-order valence-electron chi connectivity index (χ2n) is 7.47. The average Bonchev–Trinajstić information content (AvgIpc) is 2.90. The van der Waals surface area contributed by atoms with Crippen molar-refractivity contribution in [2.45, 2.75) is 63.8 Å². The van der Waals surface area contributed by atoms with E-state index in [1.54, 1.807) is 25.1 Å². The number of ether oxygens (including phenoxy) is 1. The van der Waals surface area contributed by atoms with E-state index in [-0.39, 0.29) is 18.2 Å². The molecule has 1 amide bonds. The van der Waals surface area contributed by atoms with E-state index in [1.807, 2.05) is 0 Å². The predicted molar refractivity (Wildman–Crippen MR) is 91.9 cm³/mol. The summed E-state index contributed by atoms with van der Waals surface area (Å²) in [6.07, 6.45) is 0.499. The Hall–Kier alpha value is -1.76. The third-order valence-corrected chi connectivity index (χ3v) is 5.13. The summed E-state index contributed by atoms with van der Waals surface area (Å²) >= 11 is 0. The van der Waals surface area contributed by atoms with Gasteiger partial charge in [0.1, 0.15) is 5.75 Å². The van der Waals surface area contributed by atoms with Crippen LogP contribution in [0.4, 0.5) is 13.2 Å². The van der Waals surface area contributed by atoms with Crippen molar-refractivity contribution in [2.24, 2.45) is 5.92 Å². The molecule has 2 unspecified atom stereocenters. The number of carbonyl (C=O) groups excluding carboxylic acids is 1. The molecule has 26 heavy (non-hydrogen) atoms. The molecule has 2 aliphatic heterocycles. The second-order valence-corrected chi connectivity index (χ2v) is 7.47. The third kappa shape index (κ3) is 5.37. The Kier molecular flexibility index (Phi) is 5.75. The molecule has 2 atom stereocenters. The first kappa shape index (κ1) is 19.0. The summed E-state index contributed by atoms with van der Waals surface area (Å²) < 4.78 is 42.2. The summed E-state index contributed by atoms with van der Waals surface area (Å²) in [5.74, 6) is 0.494. The van der Waals surface area contributed by atoms with Crippen LogP contribution in [-0.4, -0.2) is 30.8 Å². The molecule has 0 radical (unpaired) electrons. The zero-order chi connectivity index (χ0) is 18.7. The Morgan fingerprint density at radius 1 is 1.27 bits per heavy atom.